The van der Waals surface area contributed by atoms with Crippen LogP contribution in [0.3, 0.4) is 0 Å². The molecule has 0 bridgehead atoms. The lowest BCUT2D eigenvalue weighted by Gasteiger charge is -2.31. The van der Waals surface area contributed by atoms with Gasteiger partial charge >= 0.3 is 0 Å². The molecule has 0 saturated heterocycles. The van der Waals surface area contributed by atoms with Gasteiger partial charge in [-0.3, -0.25) is 4.72 Å². The van der Waals surface area contributed by atoms with Gasteiger partial charge in [-0.05, 0) is 77.4 Å². The Morgan fingerprint density at radius 1 is 1.21 bits per heavy atom. The van der Waals surface area contributed by atoms with E-state index >= 15 is 0 Å². The zero-order valence-corrected chi connectivity index (χ0v) is 21.7. The first-order valence-electron chi connectivity index (χ1n) is 10.6. The van der Waals surface area contributed by atoms with Crippen molar-refractivity contribution in [2.45, 2.75) is 72.3 Å². The van der Waals surface area contributed by atoms with Crippen LogP contribution < -0.4 is 4.72 Å². The Morgan fingerprint density at radius 3 is 2.45 bits per heavy atom. The van der Waals surface area contributed by atoms with Gasteiger partial charge in [0.2, 0.25) is 0 Å². The maximum atomic E-state index is 4.23. The Morgan fingerprint density at radius 2 is 1.86 bits per heavy atom. The van der Waals surface area contributed by atoms with Crippen molar-refractivity contribution < 1.29 is 0 Å². The second-order valence-electron chi connectivity index (χ2n) is 9.26. The first kappa shape index (κ1) is 26.0. The summed E-state index contributed by atoms with van der Waals surface area (Å²) in [7, 11) is -0.634. The number of nitrogens with one attached hydrogen (secondary N) is 1. The number of allylic oxidation sites excluding steroid dienone is 6. The second kappa shape index (κ2) is 12.0. The molecule has 1 N–H and O–H groups in total. The van der Waals surface area contributed by atoms with Crippen molar-refractivity contribution in [3.05, 3.63) is 69.5 Å². The van der Waals surface area contributed by atoms with E-state index in [1.54, 1.807) is 0 Å². The highest BCUT2D eigenvalue weighted by molar-refractivity contribution is 8.30. The number of rotatable bonds is 12. The van der Waals surface area contributed by atoms with Crippen molar-refractivity contribution >= 4 is 21.6 Å². The van der Waals surface area contributed by atoms with Gasteiger partial charge in [-0.2, -0.15) is 10.2 Å². The quantitative estimate of drug-likeness (QED) is 0.259. The van der Waals surface area contributed by atoms with Gasteiger partial charge in [0.1, 0.15) is 0 Å². The molecule has 1 heterocycles. The maximum Gasteiger partial charge on any atom is 0.0128 e. The summed E-state index contributed by atoms with van der Waals surface area (Å²) in [5.41, 5.74) is 5.28. The molecule has 2 unspecified atom stereocenters. The van der Waals surface area contributed by atoms with Crippen molar-refractivity contribution in [3.8, 4) is 0 Å². The minimum atomic E-state index is -0.634. The van der Waals surface area contributed by atoms with Crippen molar-refractivity contribution in [2.24, 2.45) is 0 Å². The van der Waals surface area contributed by atoms with Gasteiger partial charge in [-0.25, -0.2) is 0 Å². The Bertz CT molecular complexity index is 743. The van der Waals surface area contributed by atoms with Gasteiger partial charge in [0.25, 0.3) is 0 Å². The zero-order valence-electron chi connectivity index (χ0n) is 20.0. The molecule has 0 spiro atoms. The van der Waals surface area contributed by atoms with Crippen molar-refractivity contribution in [1.29, 1.82) is 0 Å². The SMILES string of the molecule is C=C(/C=C\C=C(/C)Cc1sc(C)cc1C(C)C(=C)C)CCCC(C)NS(C)(C)C. The highest BCUT2D eigenvalue weighted by atomic mass is 32.3. The van der Waals surface area contributed by atoms with E-state index in [1.165, 1.54) is 44.9 Å². The van der Waals surface area contributed by atoms with E-state index < -0.39 is 10.2 Å². The van der Waals surface area contributed by atoms with Crippen LogP contribution in [0, 0.1) is 6.92 Å². The lowest BCUT2D eigenvalue weighted by Crippen LogP contribution is -2.27. The summed E-state index contributed by atoms with van der Waals surface area (Å²) in [6, 6.07) is 2.91. The number of hydrogen-bond acceptors (Lipinski definition) is 2. The topological polar surface area (TPSA) is 12.0 Å². The molecule has 1 rings (SSSR count). The third-order valence-electron chi connectivity index (χ3n) is 5.01. The van der Waals surface area contributed by atoms with E-state index in [-0.39, 0.29) is 0 Å². The minimum Gasteiger partial charge on any atom is -0.279 e. The normalized spacial score (nSPS) is 15.5. The van der Waals surface area contributed by atoms with E-state index in [0.29, 0.717) is 12.0 Å². The highest BCUT2D eigenvalue weighted by Gasteiger charge is 2.14. The molecule has 1 aromatic heterocycles. The van der Waals surface area contributed by atoms with Crippen LogP contribution >= 0.6 is 21.6 Å². The fourth-order valence-corrected chi connectivity index (χ4v) is 5.95. The van der Waals surface area contributed by atoms with Crippen LogP contribution in [0.15, 0.2) is 54.2 Å². The molecular weight excluding hydrogens is 390 g/mol. The lowest BCUT2D eigenvalue weighted by molar-refractivity contribution is 0.593. The molecule has 0 aliphatic heterocycles. The third-order valence-corrected chi connectivity index (χ3v) is 7.19. The molecule has 164 valence electrons. The highest BCUT2D eigenvalue weighted by Crippen LogP contribution is 2.33. The smallest absolute Gasteiger partial charge is 0.0128 e. The fraction of sp³-hybridized carbons (Fsp3) is 0.538. The summed E-state index contributed by atoms with van der Waals surface area (Å²) in [5.74, 6) is 0.426. The molecule has 0 amide bonds. The number of hydrogen-bond donors (Lipinski definition) is 1. The Hall–Kier alpha value is -1.03. The summed E-state index contributed by atoms with van der Waals surface area (Å²) in [6.45, 7) is 19.5. The van der Waals surface area contributed by atoms with Gasteiger partial charge in [-0.1, -0.05) is 55.0 Å². The average Bonchev–Trinajstić information content (AvgIpc) is 2.92. The minimum absolute atomic E-state index is 0.426. The van der Waals surface area contributed by atoms with Gasteiger partial charge in [0.05, 0.1) is 0 Å². The van der Waals surface area contributed by atoms with Crippen LogP contribution in [0.25, 0.3) is 0 Å². The first-order valence-corrected chi connectivity index (χ1v) is 14.3. The van der Waals surface area contributed by atoms with Gasteiger partial charge in [0, 0.05) is 28.1 Å². The molecule has 0 radical (unpaired) electrons. The summed E-state index contributed by atoms with van der Waals surface area (Å²) in [4.78, 5) is 2.86. The van der Waals surface area contributed by atoms with Gasteiger partial charge < -0.3 is 0 Å². The monoisotopic (exact) mass is 433 g/mol. The predicted octanol–water partition coefficient (Wildman–Crippen LogP) is 8.09. The molecule has 0 saturated carbocycles. The third kappa shape index (κ3) is 10.5. The second-order valence-corrected chi connectivity index (χ2v) is 14.5. The van der Waals surface area contributed by atoms with Crippen LogP contribution in [0.1, 0.15) is 68.2 Å². The molecule has 0 aliphatic carbocycles. The Labute approximate surface area is 186 Å². The molecule has 0 aliphatic rings. The van der Waals surface area contributed by atoms with Crippen molar-refractivity contribution in [3.63, 3.8) is 0 Å². The molecular formula is C26H43NS2. The van der Waals surface area contributed by atoms with E-state index in [2.05, 4.69) is 95.6 Å². The van der Waals surface area contributed by atoms with Gasteiger partial charge in [-0.15, -0.1) is 11.3 Å². The van der Waals surface area contributed by atoms with E-state index in [0.717, 1.165) is 12.8 Å². The summed E-state index contributed by atoms with van der Waals surface area (Å²) in [5, 5.41) is 0. The summed E-state index contributed by atoms with van der Waals surface area (Å²) in [6.07, 6.45) is 18.0. The van der Waals surface area contributed by atoms with Crippen molar-refractivity contribution in [1.82, 2.24) is 4.72 Å². The average molecular weight is 434 g/mol. The number of thiophene rings is 1. The van der Waals surface area contributed by atoms with Crippen LogP contribution in [0.5, 0.6) is 0 Å². The van der Waals surface area contributed by atoms with Crippen LogP contribution in [-0.2, 0) is 6.42 Å². The lowest BCUT2D eigenvalue weighted by atomic mass is 9.93. The molecule has 0 fully saturated rings. The molecule has 0 aromatic carbocycles. The van der Waals surface area contributed by atoms with Crippen molar-refractivity contribution in [2.75, 3.05) is 18.8 Å². The molecule has 1 aromatic rings. The van der Waals surface area contributed by atoms with Crippen LogP contribution in [0.4, 0.5) is 0 Å². The van der Waals surface area contributed by atoms with Crippen LogP contribution in [0.2, 0.25) is 0 Å². The van der Waals surface area contributed by atoms with Crippen LogP contribution in [-0.4, -0.2) is 24.8 Å². The largest absolute Gasteiger partial charge is 0.279 e. The predicted molar refractivity (Wildman–Crippen MR) is 140 cm³/mol. The summed E-state index contributed by atoms with van der Waals surface area (Å²) >= 11 is 1.92. The molecule has 1 nitrogen and oxygen atoms in total. The molecule has 29 heavy (non-hydrogen) atoms. The maximum absolute atomic E-state index is 4.23. The summed E-state index contributed by atoms with van der Waals surface area (Å²) < 4.78 is 3.72. The van der Waals surface area contributed by atoms with E-state index in [1.807, 2.05) is 11.3 Å². The van der Waals surface area contributed by atoms with E-state index in [4.69, 9.17) is 0 Å². The Balaban J connectivity index is 2.54. The van der Waals surface area contributed by atoms with E-state index in [9.17, 15) is 0 Å². The standard InChI is InChI=1S/C26H43NS2/c1-19(2)24(7)25-18-23(6)28-26(25)17-21(4)15-11-13-20(3)14-12-16-22(5)27-29(8,9)10/h11,13,15,18,22,24,27H,1,3,12,14,16-17H2,2,4-10H3/b13-11-,21-15+. The molecule has 3 heteroatoms. The Kier molecular flexibility index (Phi) is 10.7. The molecule has 2 atom stereocenters. The zero-order chi connectivity index (χ0) is 22.2. The number of aryl methyl sites for hydroxylation is 1. The fourth-order valence-electron chi connectivity index (χ4n) is 3.39. The first-order chi connectivity index (χ1) is 13.4. The van der Waals surface area contributed by atoms with Gasteiger partial charge in [0.15, 0.2) is 0 Å².